The van der Waals surface area contributed by atoms with Crippen molar-refractivity contribution in [3.05, 3.63) is 41.7 Å². The van der Waals surface area contributed by atoms with E-state index in [0.717, 1.165) is 11.4 Å². The van der Waals surface area contributed by atoms with Crippen LogP contribution in [0.4, 0.5) is 0 Å². The summed E-state index contributed by atoms with van der Waals surface area (Å²) < 4.78 is 13.1. The number of ether oxygens (including phenoxy) is 2. The molecule has 0 radical (unpaired) electrons. The molecule has 0 spiro atoms. The predicted octanol–water partition coefficient (Wildman–Crippen LogP) is 1.30. The van der Waals surface area contributed by atoms with Crippen molar-refractivity contribution in [2.75, 3.05) is 13.2 Å². The highest BCUT2D eigenvalue weighted by Crippen LogP contribution is 2.30. The molecule has 6 heteroatoms. The molecule has 1 amide bonds. The highest BCUT2D eigenvalue weighted by Gasteiger charge is 2.22. The SMILES string of the molecule is Cc1c(C(=O)NCC2COc3ccccc3O2)cnn1C. The van der Waals surface area contributed by atoms with Crippen molar-refractivity contribution in [3.63, 3.8) is 0 Å². The van der Waals surface area contributed by atoms with Gasteiger partial charge < -0.3 is 14.8 Å². The number of nitrogens with one attached hydrogen (secondary N) is 1. The van der Waals surface area contributed by atoms with Crippen LogP contribution in [-0.4, -0.2) is 34.9 Å². The third kappa shape index (κ3) is 2.69. The largest absolute Gasteiger partial charge is 0.486 e. The standard InChI is InChI=1S/C15H17N3O3/c1-10-12(8-17-18(10)2)15(19)16-7-11-9-20-13-5-3-4-6-14(13)21-11/h3-6,8,11H,7,9H2,1-2H3,(H,16,19). The minimum atomic E-state index is -0.194. The molecule has 1 N–H and O–H groups in total. The van der Waals surface area contributed by atoms with Gasteiger partial charge in [0.25, 0.3) is 5.91 Å². The average Bonchev–Trinajstić information content (AvgIpc) is 2.84. The van der Waals surface area contributed by atoms with Crippen LogP contribution in [0.2, 0.25) is 0 Å². The van der Waals surface area contributed by atoms with Crippen LogP contribution < -0.4 is 14.8 Å². The van der Waals surface area contributed by atoms with Gasteiger partial charge >= 0.3 is 0 Å². The predicted molar refractivity (Wildman–Crippen MR) is 76.6 cm³/mol. The fourth-order valence-corrected chi connectivity index (χ4v) is 2.19. The molecule has 1 atom stereocenters. The maximum absolute atomic E-state index is 12.1. The molecule has 6 nitrogen and oxygen atoms in total. The minimum absolute atomic E-state index is 0.150. The Hall–Kier alpha value is -2.50. The lowest BCUT2D eigenvalue weighted by molar-refractivity contribution is 0.0789. The van der Waals surface area contributed by atoms with E-state index in [1.165, 1.54) is 0 Å². The smallest absolute Gasteiger partial charge is 0.254 e. The molecule has 21 heavy (non-hydrogen) atoms. The molecule has 1 unspecified atom stereocenters. The summed E-state index contributed by atoms with van der Waals surface area (Å²) in [6.45, 7) is 2.67. The van der Waals surface area contributed by atoms with Crippen LogP contribution in [0, 0.1) is 6.92 Å². The normalized spacial score (nSPS) is 16.6. The molecule has 2 heterocycles. The lowest BCUT2D eigenvalue weighted by atomic mass is 10.2. The van der Waals surface area contributed by atoms with Gasteiger partial charge in [-0.1, -0.05) is 12.1 Å². The Morgan fingerprint density at radius 1 is 1.43 bits per heavy atom. The van der Waals surface area contributed by atoms with E-state index < -0.39 is 0 Å². The maximum atomic E-state index is 12.1. The number of fused-ring (bicyclic) bond motifs is 1. The summed E-state index contributed by atoms with van der Waals surface area (Å²) in [5.74, 6) is 1.30. The molecule has 110 valence electrons. The van der Waals surface area contributed by atoms with E-state index in [0.29, 0.717) is 24.5 Å². The Kier molecular flexibility index (Phi) is 3.51. The van der Waals surface area contributed by atoms with Gasteiger partial charge in [0.1, 0.15) is 12.7 Å². The number of hydrogen-bond acceptors (Lipinski definition) is 4. The first kappa shape index (κ1) is 13.5. The maximum Gasteiger partial charge on any atom is 0.254 e. The third-order valence-electron chi connectivity index (χ3n) is 3.54. The zero-order valence-electron chi connectivity index (χ0n) is 12.0. The Morgan fingerprint density at radius 2 is 2.19 bits per heavy atom. The zero-order chi connectivity index (χ0) is 14.8. The number of carbonyl (C=O) groups is 1. The molecular formula is C15H17N3O3. The molecule has 0 bridgehead atoms. The van der Waals surface area contributed by atoms with E-state index in [2.05, 4.69) is 10.4 Å². The van der Waals surface area contributed by atoms with E-state index in [9.17, 15) is 4.79 Å². The van der Waals surface area contributed by atoms with Gasteiger partial charge in [0, 0.05) is 12.7 Å². The van der Waals surface area contributed by atoms with Crippen molar-refractivity contribution < 1.29 is 14.3 Å². The quantitative estimate of drug-likeness (QED) is 0.924. The first-order valence-corrected chi connectivity index (χ1v) is 6.80. The summed E-state index contributed by atoms with van der Waals surface area (Å²) in [6, 6.07) is 7.51. The van der Waals surface area contributed by atoms with Gasteiger partial charge in [-0.05, 0) is 19.1 Å². The van der Waals surface area contributed by atoms with Crippen LogP contribution in [-0.2, 0) is 7.05 Å². The van der Waals surface area contributed by atoms with Gasteiger partial charge in [-0.15, -0.1) is 0 Å². The fourth-order valence-electron chi connectivity index (χ4n) is 2.19. The highest BCUT2D eigenvalue weighted by atomic mass is 16.6. The molecule has 0 saturated carbocycles. The van der Waals surface area contributed by atoms with Gasteiger partial charge in [-0.2, -0.15) is 5.10 Å². The van der Waals surface area contributed by atoms with E-state index in [4.69, 9.17) is 9.47 Å². The molecular weight excluding hydrogens is 270 g/mol. The number of para-hydroxylation sites is 2. The van der Waals surface area contributed by atoms with Crippen LogP contribution in [0.15, 0.2) is 30.5 Å². The first-order valence-electron chi connectivity index (χ1n) is 6.80. The second kappa shape index (κ2) is 5.47. The van der Waals surface area contributed by atoms with E-state index in [1.807, 2.05) is 31.2 Å². The van der Waals surface area contributed by atoms with Gasteiger partial charge in [-0.3, -0.25) is 9.48 Å². The Labute approximate surface area is 122 Å². The fraction of sp³-hybridized carbons (Fsp3) is 0.333. The molecule has 1 aromatic heterocycles. The Balaban J connectivity index is 1.59. The molecule has 0 saturated heterocycles. The van der Waals surface area contributed by atoms with Crippen molar-refractivity contribution in [3.8, 4) is 11.5 Å². The minimum Gasteiger partial charge on any atom is -0.486 e. The van der Waals surface area contributed by atoms with Gasteiger partial charge in [0.15, 0.2) is 11.5 Å². The summed E-state index contributed by atoms with van der Waals surface area (Å²) in [4.78, 5) is 12.1. The molecule has 3 rings (SSSR count). The number of carbonyl (C=O) groups excluding carboxylic acids is 1. The molecule has 0 aliphatic carbocycles. The van der Waals surface area contributed by atoms with Crippen LogP contribution in [0.5, 0.6) is 11.5 Å². The van der Waals surface area contributed by atoms with Gasteiger partial charge in [0.2, 0.25) is 0 Å². The van der Waals surface area contributed by atoms with E-state index in [1.54, 1.807) is 17.9 Å². The summed E-state index contributed by atoms with van der Waals surface area (Å²) in [5, 5.41) is 6.92. The molecule has 2 aromatic rings. The summed E-state index contributed by atoms with van der Waals surface area (Å²) in [6.07, 6.45) is 1.37. The molecule has 1 aliphatic rings. The van der Waals surface area contributed by atoms with Crippen molar-refractivity contribution >= 4 is 5.91 Å². The van der Waals surface area contributed by atoms with Gasteiger partial charge in [-0.25, -0.2) is 0 Å². The van der Waals surface area contributed by atoms with Crippen LogP contribution in [0.3, 0.4) is 0 Å². The van der Waals surface area contributed by atoms with Crippen molar-refractivity contribution in [2.24, 2.45) is 7.05 Å². The lowest BCUT2D eigenvalue weighted by Crippen LogP contribution is -2.40. The Morgan fingerprint density at radius 3 is 2.90 bits per heavy atom. The van der Waals surface area contributed by atoms with Crippen LogP contribution in [0.1, 0.15) is 16.1 Å². The lowest BCUT2D eigenvalue weighted by Gasteiger charge is -2.26. The first-order chi connectivity index (χ1) is 10.1. The topological polar surface area (TPSA) is 65.4 Å². The number of rotatable bonds is 3. The number of hydrogen-bond donors (Lipinski definition) is 1. The number of amides is 1. The van der Waals surface area contributed by atoms with Gasteiger partial charge in [0.05, 0.1) is 18.3 Å². The number of benzene rings is 1. The summed E-state index contributed by atoms with van der Waals surface area (Å²) >= 11 is 0. The monoisotopic (exact) mass is 287 g/mol. The van der Waals surface area contributed by atoms with E-state index >= 15 is 0 Å². The van der Waals surface area contributed by atoms with Crippen molar-refractivity contribution in [1.82, 2.24) is 15.1 Å². The Bertz CT molecular complexity index is 666. The van der Waals surface area contributed by atoms with E-state index in [-0.39, 0.29) is 12.0 Å². The third-order valence-corrected chi connectivity index (χ3v) is 3.54. The summed E-state index contributed by atoms with van der Waals surface area (Å²) in [5.41, 5.74) is 1.41. The van der Waals surface area contributed by atoms with Crippen LogP contribution >= 0.6 is 0 Å². The number of nitrogens with zero attached hydrogens (tertiary/aromatic N) is 2. The van der Waals surface area contributed by atoms with Crippen LogP contribution in [0.25, 0.3) is 0 Å². The highest BCUT2D eigenvalue weighted by molar-refractivity contribution is 5.95. The second-order valence-electron chi connectivity index (χ2n) is 4.97. The average molecular weight is 287 g/mol. The number of aryl methyl sites for hydroxylation is 1. The van der Waals surface area contributed by atoms with Crippen molar-refractivity contribution in [1.29, 1.82) is 0 Å². The molecule has 1 aliphatic heterocycles. The molecule has 0 fully saturated rings. The zero-order valence-corrected chi connectivity index (χ0v) is 12.0. The molecule has 1 aromatic carbocycles. The second-order valence-corrected chi connectivity index (χ2v) is 4.97. The van der Waals surface area contributed by atoms with Crippen molar-refractivity contribution in [2.45, 2.75) is 13.0 Å². The number of aromatic nitrogens is 2. The summed E-state index contributed by atoms with van der Waals surface area (Å²) in [7, 11) is 1.81.